The number of aromatic nitrogens is 3. The number of hydrogen-bond acceptors (Lipinski definition) is 6. The summed E-state index contributed by atoms with van der Waals surface area (Å²) in [5.74, 6) is -0.617. The molecule has 188 valence electrons. The number of nitrogens with two attached hydrogens (primary N) is 1. The summed E-state index contributed by atoms with van der Waals surface area (Å²) in [5, 5.41) is 11.2. The Morgan fingerprint density at radius 2 is 2.00 bits per heavy atom. The zero-order chi connectivity index (χ0) is 26.2. The molecule has 4 N–H and O–H groups in total. The van der Waals surface area contributed by atoms with Gasteiger partial charge in [-0.2, -0.15) is 5.10 Å². The van der Waals surface area contributed by atoms with Gasteiger partial charge in [-0.25, -0.2) is 14.1 Å². The van der Waals surface area contributed by atoms with E-state index in [4.69, 9.17) is 5.73 Å². The zero-order valence-corrected chi connectivity index (χ0v) is 21.2. The van der Waals surface area contributed by atoms with Crippen LogP contribution in [0.1, 0.15) is 43.1 Å². The first-order chi connectivity index (χ1) is 17.3. The lowest BCUT2D eigenvalue weighted by Crippen LogP contribution is -2.29. The number of carbonyl (C=O) groups excluding carboxylic acids is 2. The van der Waals surface area contributed by atoms with Crippen molar-refractivity contribution < 1.29 is 14.0 Å². The molecule has 0 saturated carbocycles. The van der Waals surface area contributed by atoms with E-state index in [0.29, 0.717) is 34.8 Å². The highest BCUT2D eigenvalue weighted by atomic mass is 32.2. The van der Waals surface area contributed by atoms with Crippen molar-refractivity contribution in [1.82, 2.24) is 20.1 Å². The smallest absolute Gasteiger partial charge is 0.252 e. The second kappa shape index (κ2) is 12.2. The van der Waals surface area contributed by atoms with Crippen molar-refractivity contribution in [1.29, 1.82) is 0 Å². The van der Waals surface area contributed by atoms with Crippen LogP contribution in [0.3, 0.4) is 0 Å². The Labute approximate surface area is 213 Å². The molecule has 0 spiro atoms. The van der Waals surface area contributed by atoms with Gasteiger partial charge in [0.1, 0.15) is 11.6 Å². The third kappa shape index (κ3) is 6.19. The highest BCUT2D eigenvalue weighted by Crippen LogP contribution is 2.27. The zero-order valence-electron chi connectivity index (χ0n) is 20.4. The second-order valence-corrected chi connectivity index (χ2v) is 8.65. The van der Waals surface area contributed by atoms with E-state index in [1.807, 2.05) is 19.2 Å². The van der Waals surface area contributed by atoms with Crippen LogP contribution >= 0.6 is 11.8 Å². The van der Waals surface area contributed by atoms with Gasteiger partial charge in [0.25, 0.3) is 5.91 Å². The molecular formula is C26H29FN6O2S. The van der Waals surface area contributed by atoms with Crippen molar-refractivity contribution in [3.8, 4) is 5.69 Å². The standard InChI is InChI=1S/C26H29FN6O2S/c1-5-19(20-14-30-33(22(20)7-3)18-10-8-17(27)9-11-18)26(35)31-21(6-2)16-12-24(29-15-23(28)34)32-25(13-16)36-4/h5,7-14,21H,3,6,15H2,1-2,4H3,(H2,28,34)(H,29,32)(H,31,35)/b19-5+. The topological polar surface area (TPSA) is 115 Å². The van der Waals surface area contributed by atoms with E-state index >= 15 is 0 Å². The van der Waals surface area contributed by atoms with Crippen LogP contribution < -0.4 is 16.4 Å². The van der Waals surface area contributed by atoms with Crippen LogP contribution in [0.25, 0.3) is 17.3 Å². The number of halogens is 1. The third-order valence-electron chi connectivity index (χ3n) is 5.49. The first kappa shape index (κ1) is 26.7. The van der Waals surface area contributed by atoms with Gasteiger partial charge in [-0.05, 0) is 67.6 Å². The molecule has 0 aliphatic rings. The Bertz CT molecular complexity index is 1290. The van der Waals surface area contributed by atoms with Gasteiger partial charge >= 0.3 is 0 Å². The van der Waals surface area contributed by atoms with Crippen LogP contribution in [0.4, 0.5) is 10.2 Å². The van der Waals surface area contributed by atoms with Crippen molar-refractivity contribution in [3.05, 3.63) is 77.9 Å². The Hall–Kier alpha value is -3.92. The van der Waals surface area contributed by atoms with E-state index in [0.717, 1.165) is 10.6 Å². The molecule has 1 atom stereocenters. The van der Waals surface area contributed by atoms with E-state index in [1.165, 1.54) is 23.9 Å². The SMILES string of the molecule is C=Cc1c(/C(=C\C)C(=O)NC(CC)c2cc(NCC(N)=O)nc(SC)c2)cnn1-c1ccc(F)cc1. The van der Waals surface area contributed by atoms with Gasteiger partial charge in [-0.15, -0.1) is 11.8 Å². The number of allylic oxidation sites excluding steroid dienone is 1. The summed E-state index contributed by atoms with van der Waals surface area (Å²) in [7, 11) is 0. The predicted octanol–water partition coefficient (Wildman–Crippen LogP) is 4.34. The minimum atomic E-state index is -0.495. The highest BCUT2D eigenvalue weighted by molar-refractivity contribution is 7.98. The van der Waals surface area contributed by atoms with E-state index in [9.17, 15) is 14.0 Å². The molecule has 0 aliphatic carbocycles. The lowest BCUT2D eigenvalue weighted by atomic mass is 10.0. The molecular weight excluding hydrogens is 479 g/mol. The number of benzene rings is 1. The van der Waals surface area contributed by atoms with Crippen molar-refractivity contribution in [2.24, 2.45) is 5.73 Å². The van der Waals surface area contributed by atoms with Crippen LogP contribution in [-0.4, -0.2) is 39.4 Å². The maximum Gasteiger partial charge on any atom is 0.252 e. The summed E-state index contributed by atoms with van der Waals surface area (Å²) in [6, 6.07) is 9.32. The second-order valence-electron chi connectivity index (χ2n) is 7.82. The molecule has 1 unspecified atom stereocenters. The van der Waals surface area contributed by atoms with Gasteiger partial charge in [-0.1, -0.05) is 19.6 Å². The van der Waals surface area contributed by atoms with Gasteiger partial charge in [0.05, 0.1) is 35.2 Å². The van der Waals surface area contributed by atoms with Crippen LogP contribution in [-0.2, 0) is 9.59 Å². The van der Waals surface area contributed by atoms with Gasteiger partial charge in [0, 0.05) is 11.1 Å². The molecule has 0 aliphatic heterocycles. The monoisotopic (exact) mass is 508 g/mol. The van der Waals surface area contributed by atoms with Crippen LogP contribution in [0.5, 0.6) is 0 Å². The van der Waals surface area contributed by atoms with Crippen LogP contribution in [0, 0.1) is 5.82 Å². The van der Waals surface area contributed by atoms with Gasteiger partial charge in [0.15, 0.2) is 0 Å². The van der Waals surface area contributed by atoms with Crippen LogP contribution in [0.2, 0.25) is 0 Å². The van der Waals surface area contributed by atoms with Gasteiger partial charge in [0.2, 0.25) is 5.91 Å². The lowest BCUT2D eigenvalue weighted by molar-refractivity contribution is -0.117. The molecule has 0 bridgehead atoms. The molecule has 10 heteroatoms. The Kier molecular flexibility index (Phi) is 9.02. The van der Waals surface area contributed by atoms with Gasteiger partial charge < -0.3 is 16.4 Å². The summed E-state index contributed by atoms with van der Waals surface area (Å²) >= 11 is 1.46. The molecule has 0 radical (unpaired) electrons. The summed E-state index contributed by atoms with van der Waals surface area (Å²) < 4.78 is 15.0. The molecule has 2 amide bonds. The van der Waals surface area contributed by atoms with Gasteiger partial charge in [-0.3, -0.25) is 9.59 Å². The lowest BCUT2D eigenvalue weighted by Gasteiger charge is -2.20. The van der Waals surface area contributed by atoms with Crippen LogP contribution in [0.15, 0.2) is 60.3 Å². The number of rotatable bonds is 11. The van der Waals surface area contributed by atoms with E-state index in [2.05, 4.69) is 27.3 Å². The molecule has 0 saturated heterocycles. The number of nitrogens with zero attached hydrogens (tertiary/aromatic N) is 3. The molecule has 1 aromatic carbocycles. The Balaban J connectivity index is 1.89. The fourth-order valence-corrected chi connectivity index (χ4v) is 4.16. The average molecular weight is 509 g/mol. The van der Waals surface area contributed by atoms with Crippen molar-refractivity contribution in [2.45, 2.75) is 31.3 Å². The summed E-state index contributed by atoms with van der Waals surface area (Å²) in [6.45, 7) is 7.59. The summed E-state index contributed by atoms with van der Waals surface area (Å²) in [4.78, 5) is 29.1. The third-order valence-corrected chi connectivity index (χ3v) is 6.11. The van der Waals surface area contributed by atoms with E-state index in [-0.39, 0.29) is 24.3 Å². The molecule has 0 fully saturated rings. The first-order valence-corrected chi connectivity index (χ1v) is 12.6. The number of anilines is 1. The molecule has 2 aromatic heterocycles. The molecule has 3 aromatic rings. The Morgan fingerprint density at radius 3 is 2.58 bits per heavy atom. The number of hydrogen-bond donors (Lipinski definition) is 3. The van der Waals surface area contributed by atoms with Crippen molar-refractivity contribution in [3.63, 3.8) is 0 Å². The number of primary amides is 1. The highest BCUT2D eigenvalue weighted by Gasteiger charge is 2.22. The summed E-state index contributed by atoms with van der Waals surface area (Å²) in [6.07, 6.45) is 7.46. The maximum atomic E-state index is 13.4. The largest absolute Gasteiger partial charge is 0.368 e. The first-order valence-electron chi connectivity index (χ1n) is 11.3. The normalized spacial score (nSPS) is 12.2. The quantitative estimate of drug-likeness (QED) is 0.262. The summed E-state index contributed by atoms with van der Waals surface area (Å²) in [5.41, 5.74) is 8.39. The number of thioether (sulfide) groups is 1. The number of amides is 2. The van der Waals surface area contributed by atoms with Crippen molar-refractivity contribution >= 4 is 41.0 Å². The molecule has 8 nitrogen and oxygen atoms in total. The maximum absolute atomic E-state index is 13.4. The van der Waals surface area contributed by atoms with Crippen molar-refractivity contribution in [2.75, 3.05) is 18.1 Å². The Morgan fingerprint density at radius 1 is 1.28 bits per heavy atom. The average Bonchev–Trinajstić information content (AvgIpc) is 3.30. The molecule has 36 heavy (non-hydrogen) atoms. The number of pyridine rings is 1. The fourth-order valence-electron chi connectivity index (χ4n) is 3.72. The minimum Gasteiger partial charge on any atom is -0.368 e. The molecule has 2 heterocycles. The fraction of sp³-hybridized carbons (Fsp3) is 0.231. The van der Waals surface area contributed by atoms with E-state index < -0.39 is 5.91 Å². The number of carbonyl (C=O) groups is 2. The molecule has 3 rings (SSSR count). The predicted molar refractivity (Wildman–Crippen MR) is 142 cm³/mol. The number of nitrogens with one attached hydrogen (secondary N) is 2. The van der Waals surface area contributed by atoms with E-state index in [1.54, 1.807) is 48.2 Å². The minimum absolute atomic E-state index is 0.0431.